The molecule has 0 aromatic rings. The van der Waals surface area contributed by atoms with Crippen LogP contribution in [-0.2, 0) is 4.74 Å². The summed E-state index contributed by atoms with van der Waals surface area (Å²) in [6, 6.07) is 0.701. The second-order valence-corrected chi connectivity index (χ2v) is 6.45. The molecule has 106 valence electrons. The van der Waals surface area contributed by atoms with Crippen LogP contribution < -0.4 is 5.32 Å². The maximum atomic E-state index is 5.46. The highest BCUT2D eigenvalue weighted by Gasteiger charge is 2.22. The lowest BCUT2D eigenvalue weighted by atomic mass is 9.98. The predicted octanol–water partition coefficient (Wildman–Crippen LogP) is 2.12. The summed E-state index contributed by atoms with van der Waals surface area (Å²) in [5.74, 6) is 1.67. The van der Waals surface area contributed by atoms with Crippen molar-refractivity contribution in [3.05, 3.63) is 0 Å². The van der Waals surface area contributed by atoms with E-state index in [1.54, 1.807) is 0 Å². The van der Waals surface area contributed by atoms with Crippen LogP contribution in [0.5, 0.6) is 0 Å². The third-order valence-corrected chi connectivity index (χ3v) is 4.18. The zero-order chi connectivity index (χ0) is 12.8. The summed E-state index contributed by atoms with van der Waals surface area (Å²) in [6.07, 6.45) is 5.14. The van der Waals surface area contributed by atoms with Gasteiger partial charge < -0.3 is 15.0 Å². The molecule has 0 amide bonds. The number of rotatable bonds is 4. The van der Waals surface area contributed by atoms with Gasteiger partial charge in [-0.1, -0.05) is 13.8 Å². The minimum absolute atomic E-state index is 0.701. The van der Waals surface area contributed by atoms with E-state index in [-0.39, 0.29) is 0 Å². The van der Waals surface area contributed by atoms with E-state index in [0.717, 1.165) is 25.0 Å². The molecule has 0 aliphatic carbocycles. The smallest absolute Gasteiger partial charge is 0.0469 e. The van der Waals surface area contributed by atoms with Crippen molar-refractivity contribution in [2.75, 3.05) is 39.4 Å². The highest BCUT2D eigenvalue weighted by atomic mass is 16.5. The summed E-state index contributed by atoms with van der Waals surface area (Å²) in [5, 5.41) is 3.71. The second-order valence-electron chi connectivity index (χ2n) is 6.45. The number of ether oxygens (including phenoxy) is 1. The Balaban J connectivity index is 1.78. The zero-order valence-electron chi connectivity index (χ0n) is 12.2. The van der Waals surface area contributed by atoms with Crippen LogP contribution in [0.2, 0.25) is 0 Å². The molecule has 2 heterocycles. The quantitative estimate of drug-likeness (QED) is 0.832. The van der Waals surface area contributed by atoms with Crippen molar-refractivity contribution in [2.24, 2.45) is 11.8 Å². The average Bonchev–Trinajstić information content (AvgIpc) is 2.55. The highest BCUT2D eigenvalue weighted by molar-refractivity contribution is 4.79. The Bertz CT molecular complexity index is 227. The molecule has 3 nitrogen and oxygen atoms in total. The molecule has 0 aromatic carbocycles. The van der Waals surface area contributed by atoms with E-state index in [1.807, 2.05) is 0 Å². The molecule has 1 atom stereocenters. The van der Waals surface area contributed by atoms with Crippen molar-refractivity contribution in [3.63, 3.8) is 0 Å². The van der Waals surface area contributed by atoms with Gasteiger partial charge in [-0.05, 0) is 50.6 Å². The first-order valence-corrected chi connectivity index (χ1v) is 7.77. The molecule has 1 N–H and O–H groups in total. The SMILES string of the molecule is CC(C)CC1CN(CC2CCOCC2)CCCN1. The van der Waals surface area contributed by atoms with Crippen molar-refractivity contribution in [1.82, 2.24) is 10.2 Å². The van der Waals surface area contributed by atoms with Gasteiger partial charge in [-0.3, -0.25) is 0 Å². The minimum Gasteiger partial charge on any atom is -0.381 e. The number of hydrogen-bond donors (Lipinski definition) is 1. The van der Waals surface area contributed by atoms with Crippen LogP contribution in [0.3, 0.4) is 0 Å². The first-order chi connectivity index (χ1) is 8.74. The minimum atomic E-state index is 0.701. The Labute approximate surface area is 112 Å². The van der Waals surface area contributed by atoms with Crippen molar-refractivity contribution >= 4 is 0 Å². The predicted molar refractivity (Wildman–Crippen MR) is 75.8 cm³/mol. The molecule has 0 bridgehead atoms. The van der Waals surface area contributed by atoms with E-state index in [2.05, 4.69) is 24.1 Å². The summed E-state index contributed by atoms with van der Waals surface area (Å²) in [7, 11) is 0. The molecular formula is C15H30N2O. The lowest BCUT2D eigenvalue weighted by Crippen LogP contribution is -2.41. The van der Waals surface area contributed by atoms with E-state index in [1.165, 1.54) is 51.9 Å². The van der Waals surface area contributed by atoms with Crippen molar-refractivity contribution < 1.29 is 4.74 Å². The van der Waals surface area contributed by atoms with Crippen LogP contribution in [0.4, 0.5) is 0 Å². The van der Waals surface area contributed by atoms with E-state index >= 15 is 0 Å². The lowest BCUT2D eigenvalue weighted by Gasteiger charge is -2.31. The zero-order valence-corrected chi connectivity index (χ0v) is 12.2. The van der Waals surface area contributed by atoms with Crippen LogP contribution in [0, 0.1) is 11.8 Å². The van der Waals surface area contributed by atoms with Gasteiger partial charge in [0.2, 0.25) is 0 Å². The molecule has 0 spiro atoms. The fourth-order valence-corrected chi connectivity index (χ4v) is 3.26. The molecule has 0 radical (unpaired) electrons. The van der Waals surface area contributed by atoms with Crippen LogP contribution >= 0.6 is 0 Å². The summed E-state index contributed by atoms with van der Waals surface area (Å²) in [6.45, 7) is 11.6. The maximum absolute atomic E-state index is 5.46. The van der Waals surface area contributed by atoms with Gasteiger partial charge in [0, 0.05) is 32.3 Å². The van der Waals surface area contributed by atoms with Crippen molar-refractivity contribution in [2.45, 2.75) is 45.6 Å². The number of hydrogen-bond acceptors (Lipinski definition) is 3. The topological polar surface area (TPSA) is 24.5 Å². The molecule has 2 rings (SSSR count). The maximum Gasteiger partial charge on any atom is 0.0469 e. The van der Waals surface area contributed by atoms with E-state index in [4.69, 9.17) is 4.74 Å². The van der Waals surface area contributed by atoms with Gasteiger partial charge in [-0.25, -0.2) is 0 Å². The lowest BCUT2D eigenvalue weighted by molar-refractivity contribution is 0.0520. The first kappa shape index (κ1) is 14.3. The van der Waals surface area contributed by atoms with Crippen LogP contribution in [0.25, 0.3) is 0 Å². The first-order valence-electron chi connectivity index (χ1n) is 7.77. The molecule has 3 heteroatoms. The van der Waals surface area contributed by atoms with Gasteiger partial charge in [-0.2, -0.15) is 0 Å². The molecule has 0 aromatic heterocycles. The van der Waals surface area contributed by atoms with E-state index in [0.29, 0.717) is 6.04 Å². The number of nitrogens with one attached hydrogen (secondary N) is 1. The monoisotopic (exact) mass is 254 g/mol. The molecule has 2 fully saturated rings. The Morgan fingerprint density at radius 3 is 2.78 bits per heavy atom. The second kappa shape index (κ2) is 7.46. The molecule has 2 aliphatic heterocycles. The van der Waals surface area contributed by atoms with Crippen LogP contribution in [-0.4, -0.2) is 50.3 Å². The highest BCUT2D eigenvalue weighted by Crippen LogP contribution is 2.18. The summed E-state index contributed by atoms with van der Waals surface area (Å²) in [5.41, 5.74) is 0. The van der Waals surface area contributed by atoms with Crippen molar-refractivity contribution in [1.29, 1.82) is 0 Å². The number of nitrogens with zero attached hydrogens (tertiary/aromatic N) is 1. The van der Waals surface area contributed by atoms with E-state index in [9.17, 15) is 0 Å². The Hall–Kier alpha value is -0.120. The van der Waals surface area contributed by atoms with Gasteiger partial charge in [0.15, 0.2) is 0 Å². The van der Waals surface area contributed by atoms with Crippen LogP contribution in [0.15, 0.2) is 0 Å². The van der Waals surface area contributed by atoms with Gasteiger partial charge in [0.25, 0.3) is 0 Å². The normalized spacial score (nSPS) is 28.5. The summed E-state index contributed by atoms with van der Waals surface area (Å²) in [4.78, 5) is 2.70. The largest absolute Gasteiger partial charge is 0.381 e. The summed E-state index contributed by atoms with van der Waals surface area (Å²) >= 11 is 0. The Morgan fingerprint density at radius 1 is 1.28 bits per heavy atom. The third kappa shape index (κ3) is 4.87. The van der Waals surface area contributed by atoms with Gasteiger partial charge in [0.05, 0.1) is 0 Å². The fourth-order valence-electron chi connectivity index (χ4n) is 3.26. The molecule has 2 aliphatic rings. The summed E-state index contributed by atoms with van der Waals surface area (Å²) < 4.78 is 5.46. The van der Waals surface area contributed by atoms with Gasteiger partial charge in [-0.15, -0.1) is 0 Å². The van der Waals surface area contributed by atoms with E-state index < -0.39 is 0 Å². The molecule has 0 saturated carbocycles. The molecule has 18 heavy (non-hydrogen) atoms. The van der Waals surface area contributed by atoms with Crippen molar-refractivity contribution in [3.8, 4) is 0 Å². The Kier molecular flexibility index (Phi) is 5.93. The standard InChI is InChI=1S/C15H30N2O/c1-13(2)10-15-12-17(7-3-6-16-15)11-14-4-8-18-9-5-14/h13-16H,3-12H2,1-2H3. The third-order valence-electron chi connectivity index (χ3n) is 4.18. The van der Waals surface area contributed by atoms with Gasteiger partial charge in [0.1, 0.15) is 0 Å². The van der Waals surface area contributed by atoms with Crippen LogP contribution in [0.1, 0.15) is 39.5 Å². The molecule has 2 saturated heterocycles. The fraction of sp³-hybridized carbons (Fsp3) is 1.00. The van der Waals surface area contributed by atoms with Gasteiger partial charge >= 0.3 is 0 Å². The molecular weight excluding hydrogens is 224 g/mol. The molecule has 1 unspecified atom stereocenters. The average molecular weight is 254 g/mol. The Morgan fingerprint density at radius 2 is 2.06 bits per heavy atom.